The summed E-state index contributed by atoms with van der Waals surface area (Å²) in [5, 5.41) is 0.407. The molecule has 3 nitrogen and oxygen atoms in total. The molecule has 0 aromatic carbocycles. The number of ether oxygens (including phenoxy) is 2. The lowest BCUT2D eigenvalue weighted by Gasteiger charge is -2.65. The molecule has 198 valence electrons. The van der Waals surface area contributed by atoms with Gasteiger partial charge in [-0.2, -0.15) is 0 Å². The molecule has 1 saturated heterocycles. The highest BCUT2D eigenvalue weighted by Gasteiger charge is 2.71. The highest BCUT2D eigenvalue weighted by atomic mass is 32.2. The van der Waals surface area contributed by atoms with Gasteiger partial charge in [0.05, 0.1) is 5.25 Å². The molecule has 5 aliphatic rings. The van der Waals surface area contributed by atoms with Gasteiger partial charge in [-0.25, -0.2) is 0 Å². The van der Waals surface area contributed by atoms with Crippen LogP contribution in [0.4, 0.5) is 0 Å². The fourth-order valence-corrected chi connectivity index (χ4v) is 12.1. The molecule has 1 aliphatic heterocycles. The summed E-state index contributed by atoms with van der Waals surface area (Å²) in [6.07, 6.45) is 13.8. The van der Waals surface area contributed by atoms with Crippen molar-refractivity contribution in [1.82, 2.24) is 0 Å². The molecule has 5 heteroatoms. The van der Waals surface area contributed by atoms with E-state index in [0.29, 0.717) is 16.6 Å². The van der Waals surface area contributed by atoms with Gasteiger partial charge < -0.3 is 9.47 Å². The smallest absolute Gasteiger partial charge is 0.302 e. The Morgan fingerprint density at radius 1 is 1.11 bits per heavy atom. The van der Waals surface area contributed by atoms with Crippen LogP contribution in [0, 0.1) is 46.3 Å². The van der Waals surface area contributed by atoms with Crippen LogP contribution in [0.25, 0.3) is 0 Å². The van der Waals surface area contributed by atoms with Gasteiger partial charge in [-0.15, -0.1) is 0 Å². The largest absolute Gasteiger partial charge is 0.470 e. The number of hydrogen-bond acceptors (Lipinski definition) is 5. The van der Waals surface area contributed by atoms with Crippen LogP contribution in [0.15, 0.2) is 0 Å². The Bertz CT molecular complexity index is 843. The van der Waals surface area contributed by atoms with Crippen molar-refractivity contribution < 1.29 is 14.3 Å². The molecule has 0 bridgehead atoms. The van der Waals surface area contributed by atoms with E-state index in [1.165, 1.54) is 58.3 Å². The number of fused-ring (bicyclic) bond motifs is 4. The van der Waals surface area contributed by atoms with Crippen LogP contribution in [0.1, 0.15) is 112 Å². The third-order valence-electron chi connectivity index (χ3n) is 11.8. The lowest BCUT2D eigenvalue weighted by molar-refractivity contribution is -0.209. The average molecular weight is 521 g/mol. The molecule has 4 saturated carbocycles. The van der Waals surface area contributed by atoms with Crippen LogP contribution >= 0.6 is 24.0 Å². The van der Waals surface area contributed by atoms with Crippen molar-refractivity contribution >= 4 is 34.3 Å². The molecule has 0 aromatic heterocycles. The van der Waals surface area contributed by atoms with Gasteiger partial charge in [0.2, 0.25) is 4.38 Å². The second-order valence-electron chi connectivity index (χ2n) is 13.9. The van der Waals surface area contributed by atoms with Gasteiger partial charge in [-0.1, -0.05) is 65.6 Å². The fourth-order valence-electron chi connectivity index (χ4n) is 10.2. The fraction of sp³-hybridized carbons (Fsp3) is 0.933. The molecule has 0 radical (unpaired) electrons. The maximum Gasteiger partial charge on any atom is 0.302 e. The zero-order valence-corrected chi connectivity index (χ0v) is 24.6. The van der Waals surface area contributed by atoms with E-state index in [4.69, 9.17) is 21.7 Å². The summed E-state index contributed by atoms with van der Waals surface area (Å²) in [5.41, 5.74) is 0.353. The maximum atomic E-state index is 11.8. The van der Waals surface area contributed by atoms with Crippen molar-refractivity contribution in [1.29, 1.82) is 0 Å². The number of carbonyl (C=O) groups excluding carboxylic acids is 1. The van der Waals surface area contributed by atoms with E-state index in [1.807, 2.05) is 11.8 Å². The Morgan fingerprint density at radius 2 is 1.89 bits per heavy atom. The molecule has 5 rings (SSSR count). The van der Waals surface area contributed by atoms with Crippen molar-refractivity contribution in [3.8, 4) is 0 Å². The molecular weight excluding hydrogens is 472 g/mol. The van der Waals surface area contributed by atoms with Crippen molar-refractivity contribution in [2.75, 3.05) is 0 Å². The summed E-state index contributed by atoms with van der Waals surface area (Å²) in [7, 11) is 0. The van der Waals surface area contributed by atoms with Crippen LogP contribution in [0.3, 0.4) is 0 Å². The number of thioether (sulfide) groups is 1. The first kappa shape index (κ1) is 26.3. The van der Waals surface area contributed by atoms with E-state index in [-0.39, 0.29) is 23.1 Å². The van der Waals surface area contributed by atoms with Crippen molar-refractivity contribution in [2.24, 2.45) is 46.3 Å². The minimum Gasteiger partial charge on any atom is -0.470 e. The maximum absolute atomic E-state index is 11.8. The monoisotopic (exact) mass is 520 g/mol. The number of esters is 1. The van der Waals surface area contributed by atoms with Crippen molar-refractivity contribution in [3.05, 3.63) is 0 Å². The van der Waals surface area contributed by atoms with Gasteiger partial charge in [-0.3, -0.25) is 4.79 Å². The first-order chi connectivity index (χ1) is 16.5. The summed E-state index contributed by atoms with van der Waals surface area (Å²) in [6.45, 7) is 14.0. The van der Waals surface area contributed by atoms with Crippen LogP contribution in [0.5, 0.6) is 0 Å². The van der Waals surface area contributed by atoms with E-state index in [1.54, 1.807) is 0 Å². The summed E-state index contributed by atoms with van der Waals surface area (Å²) in [6, 6.07) is 0. The number of thiocarbonyl (C=S) groups is 1. The Morgan fingerprint density at radius 3 is 2.60 bits per heavy atom. The molecule has 1 spiro atoms. The Kier molecular flexibility index (Phi) is 7.12. The van der Waals surface area contributed by atoms with Crippen molar-refractivity contribution in [3.63, 3.8) is 0 Å². The summed E-state index contributed by atoms with van der Waals surface area (Å²) in [4.78, 5) is 11.8. The van der Waals surface area contributed by atoms with Crippen LogP contribution in [-0.4, -0.2) is 27.3 Å². The van der Waals surface area contributed by atoms with Crippen LogP contribution in [0.2, 0.25) is 0 Å². The zero-order valence-electron chi connectivity index (χ0n) is 22.9. The standard InChI is InChI=1S/C30H48O3S2/c1-18(2)8-7-9-19(3)23-10-11-24-22-16-26-30(33-27(34)35-26)17-21(32-20(4)31)12-15-29(30,6)25(22)13-14-28(23,24)5/h18-19,21-26H,7-17H2,1-6H3/t19-,21+,22+,23-,24+,25+,26+,28-,29-,30?/m1/s1. The number of carbonyl (C=O) groups is 1. The molecule has 0 aromatic rings. The Balaban J connectivity index is 1.38. The van der Waals surface area contributed by atoms with Crippen LogP contribution in [-0.2, 0) is 14.3 Å². The first-order valence-electron chi connectivity index (χ1n) is 14.6. The van der Waals surface area contributed by atoms with Gasteiger partial charge in [0.25, 0.3) is 0 Å². The minimum atomic E-state index is -0.260. The van der Waals surface area contributed by atoms with Gasteiger partial charge in [0.15, 0.2) is 0 Å². The third-order valence-corrected chi connectivity index (χ3v) is 13.3. The Labute approximate surface area is 223 Å². The van der Waals surface area contributed by atoms with Gasteiger partial charge in [0, 0.05) is 18.8 Å². The predicted octanol–water partition coefficient (Wildman–Crippen LogP) is 8.19. The zero-order chi connectivity index (χ0) is 25.2. The second kappa shape index (κ2) is 9.47. The molecule has 10 atom stereocenters. The number of rotatable bonds is 6. The van der Waals surface area contributed by atoms with Gasteiger partial charge in [-0.05, 0) is 98.1 Å². The minimum absolute atomic E-state index is 0.0301. The highest BCUT2D eigenvalue weighted by molar-refractivity contribution is 8.23. The van der Waals surface area contributed by atoms with E-state index < -0.39 is 0 Å². The molecule has 5 fully saturated rings. The first-order valence-corrected chi connectivity index (χ1v) is 15.9. The van der Waals surface area contributed by atoms with Gasteiger partial charge >= 0.3 is 5.97 Å². The van der Waals surface area contributed by atoms with Crippen molar-refractivity contribution in [2.45, 2.75) is 129 Å². The molecule has 35 heavy (non-hydrogen) atoms. The number of hydrogen-bond donors (Lipinski definition) is 0. The van der Waals surface area contributed by atoms with Gasteiger partial charge in [0.1, 0.15) is 11.7 Å². The third kappa shape index (κ3) is 4.21. The lowest BCUT2D eigenvalue weighted by Crippen LogP contribution is -2.67. The van der Waals surface area contributed by atoms with E-state index in [9.17, 15) is 4.79 Å². The average Bonchev–Trinajstić information content (AvgIpc) is 3.28. The van der Waals surface area contributed by atoms with E-state index in [2.05, 4.69) is 34.6 Å². The molecule has 1 heterocycles. The second-order valence-corrected chi connectivity index (χ2v) is 15.7. The highest BCUT2D eigenvalue weighted by Crippen LogP contribution is 2.72. The summed E-state index contributed by atoms with van der Waals surface area (Å²) >= 11 is 7.52. The topological polar surface area (TPSA) is 35.5 Å². The van der Waals surface area contributed by atoms with E-state index >= 15 is 0 Å². The molecule has 1 unspecified atom stereocenters. The lowest BCUT2D eigenvalue weighted by atomic mass is 9.42. The van der Waals surface area contributed by atoms with Crippen LogP contribution < -0.4 is 0 Å². The molecule has 0 amide bonds. The van der Waals surface area contributed by atoms with E-state index in [0.717, 1.165) is 53.2 Å². The Hall–Kier alpha value is -0.290. The summed E-state index contributed by atoms with van der Waals surface area (Å²) < 4.78 is 13.2. The molecule has 0 N–H and O–H groups in total. The normalized spacial score (nSPS) is 47.3. The molecular formula is C30H48O3S2. The molecule has 4 aliphatic carbocycles. The SMILES string of the molecule is CC(=O)O[C@H]1CC[C@]2(C)[C@H]3CC[C@]4(C)[C@@H]([C@H](C)CCCC(C)C)CC[C@H]4[C@@H]3C[C@@H]3SC(=S)OC32C1. The predicted molar refractivity (Wildman–Crippen MR) is 148 cm³/mol. The summed E-state index contributed by atoms with van der Waals surface area (Å²) in [5.74, 6) is 4.71. The quantitative estimate of drug-likeness (QED) is 0.261.